The quantitative estimate of drug-likeness (QED) is 0.657. The molecule has 7 nitrogen and oxygen atoms in total. The minimum atomic E-state index is -0.955. The predicted octanol–water partition coefficient (Wildman–Crippen LogP) is 0.822. The van der Waals surface area contributed by atoms with Crippen LogP contribution in [-0.4, -0.2) is 41.3 Å². The second-order valence-electron chi connectivity index (χ2n) is 3.72. The first kappa shape index (κ1) is 15.4. The number of amides is 2. The number of nitrogens with one attached hydrogen (secondary N) is 2. The number of carboxylic acid groups (broad SMARTS) is 1. The van der Waals surface area contributed by atoms with E-state index >= 15 is 0 Å². The molecule has 0 aliphatic heterocycles. The molecule has 106 valence electrons. The van der Waals surface area contributed by atoms with E-state index in [2.05, 4.69) is 15.6 Å². The maximum Gasteiger partial charge on any atom is 0.315 e. The highest BCUT2D eigenvalue weighted by atomic mass is 32.1. The summed E-state index contributed by atoms with van der Waals surface area (Å²) in [6.45, 7) is 2.67. The summed E-state index contributed by atoms with van der Waals surface area (Å²) in [7, 11) is 0. The van der Waals surface area contributed by atoms with Crippen LogP contribution in [0.1, 0.15) is 19.0 Å². The lowest BCUT2D eigenvalue weighted by molar-refractivity contribution is -0.140. The van der Waals surface area contributed by atoms with Gasteiger partial charge in [-0.3, -0.25) is 4.79 Å². The van der Waals surface area contributed by atoms with Gasteiger partial charge in [-0.2, -0.15) is 0 Å². The normalized spacial score (nSPS) is 11.8. The number of carbonyl (C=O) groups excluding carboxylic acids is 1. The van der Waals surface area contributed by atoms with Gasteiger partial charge in [-0.1, -0.05) is 0 Å². The fourth-order valence-corrected chi connectivity index (χ4v) is 1.94. The Hall–Kier alpha value is -1.67. The molecule has 0 spiro atoms. The van der Waals surface area contributed by atoms with Gasteiger partial charge < -0.3 is 20.5 Å². The third-order valence-corrected chi connectivity index (χ3v) is 2.84. The fourth-order valence-electron chi connectivity index (χ4n) is 1.39. The molecule has 2 amide bonds. The Balaban J connectivity index is 2.24. The summed E-state index contributed by atoms with van der Waals surface area (Å²) in [4.78, 5) is 26.1. The highest BCUT2D eigenvalue weighted by Crippen LogP contribution is 2.00. The maximum atomic E-state index is 11.5. The molecule has 0 saturated carbocycles. The van der Waals surface area contributed by atoms with Crippen LogP contribution in [0.15, 0.2) is 10.9 Å². The Bertz CT molecular complexity index is 397. The lowest BCUT2D eigenvalue weighted by Crippen LogP contribution is -2.40. The smallest absolute Gasteiger partial charge is 0.315 e. The Morgan fingerprint density at radius 3 is 2.89 bits per heavy atom. The van der Waals surface area contributed by atoms with E-state index in [-0.39, 0.29) is 19.0 Å². The number of hydrogen-bond donors (Lipinski definition) is 3. The third-order valence-electron chi connectivity index (χ3n) is 2.21. The molecule has 1 aromatic rings. The number of nitrogens with zero attached hydrogens (tertiary/aromatic N) is 1. The molecule has 1 aromatic heterocycles. The average molecular weight is 287 g/mol. The van der Waals surface area contributed by atoms with Gasteiger partial charge in [0.15, 0.2) is 0 Å². The molecule has 1 unspecified atom stereocenters. The number of hydrogen-bond acceptors (Lipinski definition) is 5. The van der Waals surface area contributed by atoms with Gasteiger partial charge in [-0.05, 0) is 6.92 Å². The molecule has 8 heteroatoms. The van der Waals surface area contributed by atoms with Crippen molar-refractivity contribution in [2.45, 2.75) is 26.0 Å². The van der Waals surface area contributed by atoms with Crippen molar-refractivity contribution >= 4 is 23.3 Å². The summed E-state index contributed by atoms with van der Waals surface area (Å²) in [5.41, 5.74) is 2.47. The highest BCUT2D eigenvalue weighted by Gasteiger charge is 2.14. The first-order valence-corrected chi connectivity index (χ1v) is 6.78. The van der Waals surface area contributed by atoms with Crippen molar-refractivity contribution in [2.24, 2.45) is 0 Å². The topological polar surface area (TPSA) is 101 Å². The Morgan fingerprint density at radius 2 is 2.32 bits per heavy atom. The fraction of sp³-hybridized carbons (Fsp3) is 0.545. The molecule has 0 fully saturated rings. The van der Waals surface area contributed by atoms with E-state index in [1.807, 2.05) is 5.38 Å². The summed E-state index contributed by atoms with van der Waals surface area (Å²) in [5.74, 6) is -0.955. The molecule has 0 aromatic carbocycles. The number of carbonyl (C=O) groups is 2. The van der Waals surface area contributed by atoms with Crippen molar-refractivity contribution in [3.05, 3.63) is 16.6 Å². The molecule has 3 N–H and O–H groups in total. The summed E-state index contributed by atoms with van der Waals surface area (Å²) in [6, 6.07) is -0.372. The maximum absolute atomic E-state index is 11.5. The number of ether oxygens (including phenoxy) is 1. The molecule has 0 aliphatic carbocycles. The summed E-state index contributed by atoms with van der Waals surface area (Å²) in [5, 5.41) is 15.7. The third kappa shape index (κ3) is 6.73. The second kappa shape index (κ2) is 8.44. The van der Waals surface area contributed by atoms with Crippen molar-refractivity contribution in [1.82, 2.24) is 15.6 Å². The molecule has 19 heavy (non-hydrogen) atoms. The van der Waals surface area contributed by atoms with Gasteiger partial charge in [0.1, 0.15) is 0 Å². The van der Waals surface area contributed by atoms with Crippen LogP contribution in [0.2, 0.25) is 0 Å². The highest BCUT2D eigenvalue weighted by molar-refractivity contribution is 7.07. The van der Waals surface area contributed by atoms with Crippen molar-refractivity contribution in [1.29, 1.82) is 0 Å². The number of urea groups is 1. The molecule has 0 bridgehead atoms. The molecule has 1 rings (SSSR count). The zero-order valence-electron chi connectivity index (χ0n) is 10.6. The van der Waals surface area contributed by atoms with Crippen LogP contribution < -0.4 is 10.6 Å². The van der Waals surface area contributed by atoms with Gasteiger partial charge >= 0.3 is 12.0 Å². The van der Waals surface area contributed by atoms with E-state index in [0.29, 0.717) is 13.2 Å². The Morgan fingerprint density at radius 1 is 1.53 bits per heavy atom. The molecule has 0 aliphatic rings. The summed E-state index contributed by atoms with van der Waals surface area (Å²) in [6.07, 6.45) is -0.659. The van der Waals surface area contributed by atoms with E-state index in [4.69, 9.17) is 9.84 Å². The molecule has 0 radical (unpaired) electrons. The van der Waals surface area contributed by atoms with Gasteiger partial charge in [0.05, 0.1) is 30.3 Å². The summed E-state index contributed by atoms with van der Waals surface area (Å²) >= 11 is 1.45. The molecule has 0 saturated heterocycles. The van der Waals surface area contributed by atoms with Gasteiger partial charge in [-0.25, -0.2) is 9.78 Å². The molecule has 1 heterocycles. The number of thiazole rings is 1. The molecular formula is C11H17N3O4S. The van der Waals surface area contributed by atoms with Gasteiger partial charge in [-0.15, -0.1) is 11.3 Å². The van der Waals surface area contributed by atoms with Crippen LogP contribution >= 0.6 is 11.3 Å². The number of aromatic nitrogens is 1. The zero-order valence-corrected chi connectivity index (χ0v) is 11.4. The van der Waals surface area contributed by atoms with Crippen molar-refractivity contribution in [3.8, 4) is 0 Å². The zero-order chi connectivity index (χ0) is 14.1. The van der Waals surface area contributed by atoms with Crippen molar-refractivity contribution in [3.63, 3.8) is 0 Å². The van der Waals surface area contributed by atoms with E-state index in [1.54, 1.807) is 12.4 Å². The van der Waals surface area contributed by atoms with Crippen molar-refractivity contribution in [2.75, 3.05) is 13.2 Å². The molecular weight excluding hydrogens is 270 g/mol. The van der Waals surface area contributed by atoms with E-state index in [9.17, 15) is 9.59 Å². The number of aliphatic carboxylic acids is 1. The Labute approximate surface area is 115 Å². The monoisotopic (exact) mass is 287 g/mol. The summed E-state index contributed by atoms with van der Waals surface area (Å²) < 4.78 is 5.22. The largest absolute Gasteiger partial charge is 0.481 e. The van der Waals surface area contributed by atoms with Gasteiger partial charge in [0, 0.05) is 18.5 Å². The lowest BCUT2D eigenvalue weighted by atomic mass is 10.2. The minimum Gasteiger partial charge on any atom is -0.481 e. The van der Waals surface area contributed by atoms with E-state index in [1.165, 1.54) is 11.3 Å². The average Bonchev–Trinajstić information content (AvgIpc) is 2.86. The first-order chi connectivity index (χ1) is 9.11. The number of carboxylic acids is 1. The Kier molecular flexibility index (Phi) is 6.83. The second-order valence-corrected chi connectivity index (χ2v) is 4.44. The minimum absolute atomic E-state index is 0.139. The standard InChI is InChI=1S/C11H17N3O4S/c1-2-18-9(3-10(15)16)5-13-11(17)12-4-8-6-19-7-14-8/h6-7,9H,2-5H2,1H3,(H,15,16)(H2,12,13,17). The van der Waals surface area contributed by atoms with Crippen LogP contribution in [-0.2, 0) is 16.1 Å². The van der Waals surface area contributed by atoms with Crippen molar-refractivity contribution < 1.29 is 19.4 Å². The van der Waals surface area contributed by atoms with E-state index in [0.717, 1.165) is 5.69 Å². The number of rotatable bonds is 8. The lowest BCUT2D eigenvalue weighted by Gasteiger charge is -2.15. The van der Waals surface area contributed by atoms with Crippen LogP contribution in [0.5, 0.6) is 0 Å². The van der Waals surface area contributed by atoms with Crippen LogP contribution in [0.25, 0.3) is 0 Å². The van der Waals surface area contributed by atoms with Crippen LogP contribution in [0.4, 0.5) is 4.79 Å². The first-order valence-electron chi connectivity index (χ1n) is 5.84. The van der Waals surface area contributed by atoms with Crippen LogP contribution in [0.3, 0.4) is 0 Å². The van der Waals surface area contributed by atoms with Gasteiger partial charge in [0.2, 0.25) is 0 Å². The van der Waals surface area contributed by atoms with E-state index < -0.39 is 12.1 Å². The predicted molar refractivity (Wildman–Crippen MR) is 70.0 cm³/mol. The van der Waals surface area contributed by atoms with Crippen LogP contribution in [0, 0.1) is 0 Å². The SMILES string of the molecule is CCOC(CNC(=O)NCc1cscn1)CC(=O)O. The van der Waals surface area contributed by atoms with Gasteiger partial charge in [0.25, 0.3) is 0 Å². The molecule has 1 atom stereocenters.